The number of fused-ring (bicyclic) bond motifs is 2. The predicted octanol–water partition coefficient (Wildman–Crippen LogP) is 2.69. The van der Waals surface area contributed by atoms with Gasteiger partial charge in [-0.25, -0.2) is 4.40 Å². The summed E-state index contributed by atoms with van der Waals surface area (Å²) in [6.45, 7) is 7.18. The van der Waals surface area contributed by atoms with Crippen LogP contribution >= 0.6 is 0 Å². The molecule has 2 aromatic heterocycles. The molecule has 3 aromatic rings. The highest BCUT2D eigenvalue weighted by Gasteiger charge is 2.20. The lowest BCUT2D eigenvalue weighted by Gasteiger charge is -2.07. The summed E-state index contributed by atoms with van der Waals surface area (Å²) in [5.74, 6) is -0.334. The molecule has 0 saturated heterocycles. The maximum absolute atomic E-state index is 12.6. The van der Waals surface area contributed by atoms with Crippen LogP contribution in [-0.4, -0.2) is 14.6 Å². The summed E-state index contributed by atoms with van der Waals surface area (Å²) in [6, 6.07) is 1.36. The van der Waals surface area contributed by atoms with Crippen LogP contribution in [0.1, 0.15) is 22.4 Å². The first-order valence-corrected chi connectivity index (χ1v) is 6.31. The molecule has 3 rings (SSSR count). The second-order valence-corrected chi connectivity index (χ2v) is 5.13. The van der Waals surface area contributed by atoms with E-state index in [2.05, 4.69) is 0 Å². The number of phenolic OH excluding ortho intramolecular Hbond substituents is 2. The first-order chi connectivity index (χ1) is 9.34. The van der Waals surface area contributed by atoms with E-state index in [1.165, 1.54) is 10.5 Å². The van der Waals surface area contributed by atoms with Crippen LogP contribution < -0.4 is 5.56 Å². The number of hydrogen-bond donors (Lipinski definition) is 2. The van der Waals surface area contributed by atoms with Gasteiger partial charge in [0.2, 0.25) is 5.71 Å². The number of aromatic hydroxyl groups is 2. The molecule has 104 valence electrons. The zero-order chi connectivity index (χ0) is 14.8. The quantitative estimate of drug-likeness (QED) is 0.660. The molecule has 0 atom stereocenters. The third-order valence-corrected chi connectivity index (χ3v) is 4.08. The summed E-state index contributed by atoms with van der Waals surface area (Å²) >= 11 is 0. The average molecular weight is 273 g/mol. The van der Waals surface area contributed by atoms with Crippen molar-refractivity contribution < 1.29 is 14.6 Å². The van der Waals surface area contributed by atoms with E-state index in [1.54, 1.807) is 6.92 Å². The van der Waals surface area contributed by atoms with Crippen molar-refractivity contribution in [3.05, 3.63) is 38.8 Å². The minimum absolute atomic E-state index is 0.0888. The lowest BCUT2D eigenvalue weighted by Crippen LogP contribution is -2.14. The van der Waals surface area contributed by atoms with Crippen molar-refractivity contribution in [1.82, 2.24) is 4.40 Å². The lowest BCUT2D eigenvalue weighted by molar-refractivity contribution is 0.445. The standard InChI is InChI=1S/C15H15NO4/c1-6-7(2)15-16(9(6)4)14(19)12-11(20-15)5-10(17)8(3)13(12)18/h5,17-18H,1-4H3. The van der Waals surface area contributed by atoms with Gasteiger partial charge in [0.05, 0.1) is 0 Å². The highest BCUT2D eigenvalue weighted by molar-refractivity contribution is 5.87. The molecule has 0 radical (unpaired) electrons. The van der Waals surface area contributed by atoms with Crippen molar-refractivity contribution in [2.45, 2.75) is 27.7 Å². The number of aryl methyl sites for hydroxylation is 2. The molecule has 1 aromatic carbocycles. The SMILES string of the molecule is Cc1c(O)cc2oc3c(C)c(C)c(C)n3c(=O)c2c1O. The molecular weight excluding hydrogens is 258 g/mol. The summed E-state index contributed by atoms with van der Waals surface area (Å²) in [4.78, 5) is 12.6. The smallest absolute Gasteiger partial charge is 0.272 e. The van der Waals surface area contributed by atoms with Crippen LogP contribution in [0.25, 0.3) is 16.7 Å². The monoisotopic (exact) mass is 273 g/mol. The van der Waals surface area contributed by atoms with Crippen molar-refractivity contribution in [2.24, 2.45) is 0 Å². The van der Waals surface area contributed by atoms with Gasteiger partial charge in [0.25, 0.3) is 5.56 Å². The molecule has 5 heteroatoms. The first kappa shape index (κ1) is 12.6. The van der Waals surface area contributed by atoms with Crippen LogP contribution in [0.3, 0.4) is 0 Å². The van der Waals surface area contributed by atoms with Crippen molar-refractivity contribution >= 4 is 16.7 Å². The molecule has 2 heterocycles. The fraction of sp³-hybridized carbons (Fsp3) is 0.267. The normalized spacial score (nSPS) is 11.6. The molecule has 0 bridgehead atoms. The molecule has 0 aliphatic rings. The van der Waals surface area contributed by atoms with Crippen LogP contribution in [0, 0.1) is 27.7 Å². The van der Waals surface area contributed by atoms with Gasteiger partial charge < -0.3 is 14.6 Å². The van der Waals surface area contributed by atoms with E-state index in [1.807, 2.05) is 20.8 Å². The number of phenols is 2. The number of benzene rings is 1. The number of nitrogens with zero attached hydrogens (tertiary/aromatic N) is 1. The van der Waals surface area contributed by atoms with Crippen molar-refractivity contribution in [3.63, 3.8) is 0 Å². The van der Waals surface area contributed by atoms with Gasteiger partial charge >= 0.3 is 0 Å². The Bertz CT molecular complexity index is 931. The molecular formula is C15H15NO4. The Labute approximate surface area is 114 Å². The van der Waals surface area contributed by atoms with Gasteiger partial charge in [0, 0.05) is 22.9 Å². The molecule has 0 aliphatic heterocycles. The van der Waals surface area contributed by atoms with Crippen LogP contribution in [0.15, 0.2) is 15.3 Å². The summed E-state index contributed by atoms with van der Waals surface area (Å²) in [5, 5.41) is 20.0. The third kappa shape index (κ3) is 1.35. The fourth-order valence-electron chi connectivity index (χ4n) is 2.52. The fourth-order valence-corrected chi connectivity index (χ4v) is 2.52. The second kappa shape index (κ2) is 3.79. The first-order valence-electron chi connectivity index (χ1n) is 6.31. The number of hydrogen-bond acceptors (Lipinski definition) is 4. The van der Waals surface area contributed by atoms with E-state index in [0.717, 1.165) is 16.8 Å². The number of aromatic nitrogens is 1. The highest BCUT2D eigenvalue weighted by Crippen LogP contribution is 2.34. The summed E-state index contributed by atoms with van der Waals surface area (Å²) in [7, 11) is 0. The molecule has 20 heavy (non-hydrogen) atoms. The molecule has 0 unspecified atom stereocenters. The number of rotatable bonds is 0. The Kier molecular flexibility index (Phi) is 2.38. The predicted molar refractivity (Wildman–Crippen MR) is 75.7 cm³/mol. The molecule has 0 saturated carbocycles. The summed E-state index contributed by atoms with van der Waals surface area (Å²) in [5.41, 5.74) is 3.20. The lowest BCUT2D eigenvalue weighted by atomic mass is 10.1. The van der Waals surface area contributed by atoms with E-state index in [9.17, 15) is 15.0 Å². The largest absolute Gasteiger partial charge is 0.507 e. The molecule has 0 spiro atoms. The maximum atomic E-state index is 12.6. The van der Waals surface area contributed by atoms with Gasteiger partial charge in [-0.15, -0.1) is 0 Å². The van der Waals surface area contributed by atoms with Gasteiger partial charge in [0.1, 0.15) is 22.5 Å². The average Bonchev–Trinajstić information content (AvgIpc) is 2.61. The molecule has 0 amide bonds. The molecule has 5 nitrogen and oxygen atoms in total. The van der Waals surface area contributed by atoms with Crippen molar-refractivity contribution in [1.29, 1.82) is 0 Å². The minimum atomic E-state index is -0.337. The zero-order valence-electron chi connectivity index (χ0n) is 11.7. The molecule has 2 N–H and O–H groups in total. The Morgan fingerprint density at radius 3 is 2.35 bits per heavy atom. The minimum Gasteiger partial charge on any atom is -0.507 e. The van der Waals surface area contributed by atoms with Crippen LogP contribution in [0.2, 0.25) is 0 Å². The maximum Gasteiger partial charge on any atom is 0.272 e. The highest BCUT2D eigenvalue weighted by atomic mass is 16.3. The van der Waals surface area contributed by atoms with Gasteiger partial charge in [-0.2, -0.15) is 0 Å². The Morgan fingerprint density at radius 1 is 1.05 bits per heavy atom. The Balaban J connectivity index is 2.69. The summed E-state index contributed by atoms with van der Waals surface area (Å²) in [6.07, 6.45) is 0. The van der Waals surface area contributed by atoms with Gasteiger partial charge in [-0.3, -0.25) is 4.79 Å². The second-order valence-electron chi connectivity index (χ2n) is 5.13. The van der Waals surface area contributed by atoms with E-state index < -0.39 is 0 Å². The van der Waals surface area contributed by atoms with Crippen molar-refractivity contribution in [2.75, 3.05) is 0 Å². The van der Waals surface area contributed by atoms with Crippen LogP contribution in [-0.2, 0) is 0 Å². The van der Waals surface area contributed by atoms with Gasteiger partial charge in [-0.1, -0.05) is 0 Å². The molecule has 0 aliphatic carbocycles. The summed E-state index contributed by atoms with van der Waals surface area (Å²) < 4.78 is 7.18. The van der Waals surface area contributed by atoms with E-state index in [4.69, 9.17) is 4.42 Å². The van der Waals surface area contributed by atoms with Gasteiger partial charge in [0.15, 0.2) is 0 Å². The molecule has 0 fully saturated rings. The third-order valence-electron chi connectivity index (χ3n) is 4.08. The van der Waals surface area contributed by atoms with Crippen molar-refractivity contribution in [3.8, 4) is 11.5 Å². The van der Waals surface area contributed by atoms with Crippen LogP contribution in [0.4, 0.5) is 0 Å². The van der Waals surface area contributed by atoms with E-state index in [-0.39, 0.29) is 33.6 Å². The topological polar surface area (TPSA) is 75.1 Å². The van der Waals surface area contributed by atoms with Gasteiger partial charge in [-0.05, 0) is 33.3 Å². The Hall–Kier alpha value is -2.43. The Morgan fingerprint density at radius 2 is 1.70 bits per heavy atom. The van der Waals surface area contributed by atoms with E-state index >= 15 is 0 Å². The zero-order valence-corrected chi connectivity index (χ0v) is 11.7. The van der Waals surface area contributed by atoms with E-state index in [0.29, 0.717) is 5.71 Å². The van der Waals surface area contributed by atoms with Crippen LogP contribution in [0.5, 0.6) is 11.5 Å².